The maximum Gasteiger partial charge on any atom is 0.183 e. The number of unbranched alkanes of at least 4 members (excludes halogenated alkanes) is 9. The fourth-order valence-electron chi connectivity index (χ4n) is 4.63. The van der Waals surface area contributed by atoms with Gasteiger partial charge in [0.15, 0.2) is 6.29 Å². The molecule has 192 valence electrons. The Kier molecular flexibility index (Phi) is 13.0. The lowest BCUT2D eigenvalue weighted by molar-refractivity contribution is -0.206. The maximum atomic E-state index is 6.07. The maximum absolute atomic E-state index is 6.07. The van der Waals surface area contributed by atoms with E-state index in [-0.39, 0.29) is 6.29 Å². The van der Waals surface area contributed by atoms with Crippen LogP contribution in [0.15, 0.2) is 61.2 Å². The molecule has 0 unspecified atom stereocenters. The highest BCUT2D eigenvalue weighted by Gasteiger charge is 2.23. The van der Waals surface area contributed by atoms with Crippen molar-refractivity contribution in [3.05, 3.63) is 66.7 Å². The second-order valence-electron chi connectivity index (χ2n) is 9.91. The molecule has 1 aliphatic heterocycles. The standard InChI is InChI=1S/C32H46O3/c1-3-5-7-9-10-11-12-13-15-27-25-34-32(35-26-27)30-18-16-28(17-19-30)29-20-22-31(23-21-29)33-24-14-8-6-4-2/h3,16-23,27,32H,1,4-15,24-26H2,2H3. The highest BCUT2D eigenvalue weighted by Crippen LogP contribution is 2.30. The summed E-state index contributed by atoms with van der Waals surface area (Å²) in [5.74, 6) is 1.47. The Morgan fingerprint density at radius 1 is 0.771 bits per heavy atom. The fraction of sp³-hybridized carbons (Fsp3) is 0.562. The molecule has 1 fully saturated rings. The van der Waals surface area contributed by atoms with E-state index < -0.39 is 0 Å². The van der Waals surface area contributed by atoms with Crippen LogP contribution in [0.4, 0.5) is 0 Å². The van der Waals surface area contributed by atoms with Crippen LogP contribution >= 0.6 is 0 Å². The third kappa shape index (κ3) is 10.2. The number of allylic oxidation sites excluding steroid dienone is 1. The highest BCUT2D eigenvalue weighted by molar-refractivity contribution is 5.64. The van der Waals surface area contributed by atoms with Crippen molar-refractivity contribution < 1.29 is 14.2 Å². The Balaban J connectivity index is 1.34. The van der Waals surface area contributed by atoms with E-state index >= 15 is 0 Å². The summed E-state index contributed by atoms with van der Waals surface area (Å²) in [6.07, 6.45) is 17.0. The Bertz CT molecular complexity index is 804. The lowest BCUT2D eigenvalue weighted by atomic mass is 10.00. The summed E-state index contributed by atoms with van der Waals surface area (Å²) in [7, 11) is 0. The second-order valence-corrected chi connectivity index (χ2v) is 9.91. The molecule has 1 saturated heterocycles. The van der Waals surface area contributed by atoms with Crippen molar-refractivity contribution in [2.75, 3.05) is 19.8 Å². The lowest BCUT2D eigenvalue weighted by Crippen LogP contribution is -2.27. The Hall–Kier alpha value is -2.10. The van der Waals surface area contributed by atoms with Crippen LogP contribution in [0.3, 0.4) is 0 Å². The van der Waals surface area contributed by atoms with Gasteiger partial charge in [-0.2, -0.15) is 0 Å². The molecule has 0 atom stereocenters. The van der Waals surface area contributed by atoms with Crippen LogP contribution in [0.1, 0.15) is 95.8 Å². The van der Waals surface area contributed by atoms with Crippen LogP contribution in [0.25, 0.3) is 11.1 Å². The van der Waals surface area contributed by atoms with Crippen molar-refractivity contribution in [1.29, 1.82) is 0 Å². The highest BCUT2D eigenvalue weighted by atomic mass is 16.7. The van der Waals surface area contributed by atoms with Crippen molar-refractivity contribution in [2.24, 2.45) is 5.92 Å². The summed E-state index contributed by atoms with van der Waals surface area (Å²) in [5.41, 5.74) is 3.49. The van der Waals surface area contributed by atoms with Crippen LogP contribution in [0.5, 0.6) is 5.75 Å². The first kappa shape index (κ1) is 27.5. The molecule has 2 aromatic rings. The SMILES string of the molecule is C=CCCCCCCCCC1COC(c2ccc(-c3ccc(OCCCCCC)cc3)cc2)OC1. The minimum atomic E-state index is -0.242. The molecule has 35 heavy (non-hydrogen) atoms. The topological polar surface area (TPSA) is 27.7 Å². The van der Waals surface area contributed by atoms with Crippen molar-refractivity contribution >= 4 is 0 Å². The Labute approximate surface area is 213 Å². The molecule has 3 nitrogen and oxygen atoms in total. The first-order valence-electron chi connectivity index (χ1n) is 14.0. The quantitative estimate of drug-likeness (QED) is 0.167. The zero-order valence-corrected chi connectivity index (χ0v) is 21.9. The van der Waals surface area contributed by atoms with Gasteiger partial charge in [0.05, 0.1) is 19.8 Å². The summed E-state index contributed by atoms with van der Waals surface area (Å²) in [6, 6.07) is 17.0. The molecule has 0 N–H and O–H groups in total. The Morgan fingerprint density at radius 2 is 1.37 bits per heavy atom. The summed E-state index contributed by atoms with van der Waals surface area (Å²) in [6.45, 7) is 8.41. The average molecular weight is 479 g/mol. The molecule has 1 aliphatic rings. The fourth-order valence-corrected chi connectivity index (χ4v) is 4.63. The van der Waals surface area contributed by atoms with Crippen LogP contribution in [0.2, 0.25) is 0 Å². The average Bonchev–Trinajstić information content (AvgIpc) is 2.91. The predicted molar refractivity (Wildman–Crippen MR) is 147 cm³/mol. The minimum Gasteiger partial charge on any atom is -0.494 e. The lowest BCUT2D eigenvalue weighted by Gasteiger charge is -2.29. The molecular formula is C32H46O3. The molecule has 0 aromatic heterocycles. The van der Waals surface area contributed by atoms with Gasteiger partial charge in [0.1, 0.15) is 5.75 Å². The summed E-state index contributed by atoms with van der Waals surface area (Å²) < 4.78 is 18.0. The van der Waals surface area contributed by atoms with E-state index in [4.69, 9.17) is 14.2 Å². The van der Waals surface area contributed by atoms with Gasteiger partial charge in [0, 0.05) is 11.5 Å². The van der Waals surface area contributed by atoms with Crippen molar-refractivity contribution in [2.45, 2.75) is 90.3 Å². The zero-order valence-electron chi connectivity index (χ0n) is 21.9. The van der Waals surface area contributed by atoms with Crippen LogP contribution < -0.4 is 4.74 Å². The van der Waals surface area contributed by atoms with Gasteiger partial charge >= 0.3 is 0 Å². The van der Waals surface area contributed by atoms with Crippen LogP contribution in [-0.2, 0) is 9.47 Å². The summed E-state index contributed by atoms with van der Waals surface area (Å²) >= 11 is 0. The first-order chi connectivity index (χ1) is 17.3. The number of rotatable bonds is 17. The van der Waals surface area contributed by atoms with Gasteiger partial charge in [0.25, 0.3) is 0 Å². The van der Waals surface area contributed by atoms with Gasteiger partial charge in [0.2, 0.25) is 0 Å². The largest absolute Gasteiger partial charge is 0.494 e. The third-order valence-electron chi connectivity index (χ3n) is 6.87. The molecule has 0 spiro atoms. The molecular weight excluding hydrogens is 432 g/mol. The van der Waals surface area contributed by atoms with Gasteiger partial charge in [-0.15, -0.1) is 6.58 Å². The predicted octanol–water partition coefficient (Wildman–Crippen LogP) is 9.28. The van der Waals surface area contributed by atoms with E-state index in [1.807, 2.05) is 6.08 Å². The molecule has 0 saturated carbocycles. The van der Waals surface area contributed by atoms with E-state index in [1.54, 1.807) is 0 Å². The van der Waals surface area contributed by atoms with E-state index in [0.717, 1.165) is 44.0 Å². The number of hydrogen-bond donors (Lipinski definition) is 0. The van der Waals surface area contributed by atoms with Crippen molar-refractivity contribution in [1.82, 2.24) is 0 Å². The summed E-state index contributed by atoms with van der Waals surface area (Å²) in [4.78, 5) is 0. The zero-order chi connectivity index (χ0) is 24.6. The van der Waals surface area contributed by atoms with Crippen LogP contribution in [-0.4, -0.2) is 19.8 Å². The first-order valence-corrected chi connectivity index (χ1v) is 14.0. The van der Waals surface area contributed by atoms with Gasteiger partial charge in [-0.05, 0) is 48.9 Å². The number of benzene rings is 2. The van der Waals surface area contributed by atoms with E-state index in [2.05, 4.69) is 62.0 Å². The molecule has 0 aliphatic carbocycles. The van der Waals surface area contributed by atoms with Crippen molar-refractivity contribution in [3.63, 3.8) is 0 Å². The molecule has 3 heteroatoms. The smallest absolute Gasteiger partial charge is 0.183 e. The number of hydrogen-bond acceptors (Lipinski definition) is 3. The van der Waals surface area contributed by atoms with Gasteiger partial charge in [-0.1, -0.05) is 101 Å². The summed E-state index contributed by atoms with van der Waals surface area (Å²) in [5, 5.41) is 0. The normalized spacial score (nSPS) is 17.9. The van der Waals surface area contributed by atoms with Gasteiger partial charge in [-0.25, -0.2) is 0 Å². The van der Waals surface area contributed by atoms with Gasteiger partial charge < -0.3 is 14.2 Å². The minimum absolute atomic E-state index is 0.242. The molecule has 2 aromatic carbocycles. The Morgan fingerprint density at radius 3 is 2.03 bits per heavy atom. The molecule has 0 radical (unpaired) electrons. The molecule has 0 bridgehead atoms. The van der Waals surface area contributed by atoms with E-state index in [0.29, 0.717) is 5.92 Å². The van der Waals surface area contributed by atoms with E-state index in [9.17, 15) is 0 Å². The molecule has 0 amide bonds. The molecule has 3 rings (SSSR count). The van der Waals surface area contributed by atoms with Crippen molar-refractivity contribution in [3.8, 4) is 16.9 Å². The number of ether oxygens (including phenoxy) is 3. The van der Waals surface area contributed by atoms with Crippen LogP contribution in [0, 0.1) is 5.92 Å². The van der Waals surface area contributed by atoms with Gasteiger partial charge in [-0.3, -0.25) is 0 Å². The third-order valence-corrected chi connectivity index (χ3v) is 6.87. The monoisotopic (exact) mass is 478 g/mol. The molecule has 1 heterocycles. The second kappa shape index (κ2) is 16.5. The van der Waals surface area contributed by atoms with E-state index in [1.165, 1.54) is 75.3 Å².